The topological polar surface area (TPSA) is 97.4 Å². The second-order valence-electron chi connectivity index (χ2n) is 3.86. The number of carbonyl (C=O) groups is 1. The van der Waals surface area contributed by atoms with Gasteiger partial charge in [0.15, 0.2) is 0 Å². The third-order valence-electron chi connectivity index (χ3n) is 2.63. The molecule has 1 atom stereocenters. The highest BCUT2D eigenvalue weighted by atomic mass is 32.1. The number of rotatable bonds is 6. The van der Waals surface area contributed by atoms with Crippen LogP contribution in [0.15, 0.2) is 0 Å². The molecule has 0 saturated heterocycles. The Balaban J connectivity index is 3.12. The van der Waals surface area contributed by atoms with Crippen molar-refractivity contribution in [1.82, 2.24) is 0 Å². The zero-order valence-corrected chi connectivity index (χ0v) is 12.0. The average molecular weight is 283 g/mol. The highest BCUT2D eigenvalue weighted by Crippen LogP contribution is 2.36. The molecule has 0 bridgehead atoms. The normalized spacial score (nSPS) is 11.7. The Morgan fingerprint density at radius 1 is 1.58 bits per heavy atom. The van der Waals surface area contributed by atoms with Gasteiger partial charge < -0.3 is 20.5 Å². The van der Waals surface area contributed by atoms with E-state index in [2.05, 4.69) is 5.32 Å². The van der Waals surface area contributed by atoms with E-state index in [0.29, 0.717) is 16.5 Å². The number of nitrogens with zero attached hydrogens (tertiary/aromatic N) is 1. The summed E-state index contributed by atoms with van der Waals surface area (Å²) >= 11 is 1.15. The van der Waals surface area contributed by atoms with Gasteiger partial charge in [-0.2, -0.15) is 5.26 Å². The van der Waals surface area contributed by atoms with E-state index in [9.17, 15) is 4.79 Å². The lowest BCUT2D eigenvalue weighted by Crippen LogP contribution is -2.24. The molecular weight excluding hydrogens is 266 g/mol. The Kier molecular flexibility index (Phi) is 5.60. The zero-order valence-electron chi connectivity index (χ0n) is 11.1. The lowest BCUT2D eigenvalue weighted by molar-refractivity contribution is 0.0603. The van der Waals surface area contributed by atoms with Gasteiger partial charge in [0.2, 0.25) is 0 Å². The van der Waals surface area contributed by atoms with E-state index < -0.39 is 5.97 Å². The van der Waals surface area contributed by atoms with Gasteiger partial charge in [-0.3, -0.25) is 0 Å². The van der Waals surface area contributed by atoms with Crippen molar-refractivity contribution in [2.24, 2.45) is 0 Å². The summed E-state index contributed by atoms with van der Waals surface area (Å²) in [5, 5.41) is 12.7. The van der Waals surface area contributed by atoms with Crippen molar-refractivity contribution in [2.45, 2.75) is 19.4 Å². The number of nitrogens with two attached hydrogens (primary N) is 1. The first-order valence-corrected chi connectivity index (χ1v) is 6.56. The first-order valence-electron chi connectivity index (χ1n) is 5.75. The van der Waals surface area contributed by atoms with Crippen LogP contribution in [0.4, 0.5) is 10.7 Å². The van der Waals surface area contributed by atoms with E-state index in [1.54, 1.807) is 7.11 Å². The number of nitrogens with one attached hydrogen (secondary N) is 1. The summed E-state index contributed by atoms with van der Waals surface area (Å²) in [6, 6.07) is 2.01. The third kappa shape index (κ3) is 3.36. The molecule has 104 valence electrons. The van der Waals surface area contributed by atoms with E-state index in [-0.39, 0.29) is 17.3 Å². The molecule has 0 radical (unpaired) electrons. The third-order valence-corrected chi connectivity index (χ3v) is 3.67. The van der Waals surface area contributed by atoms with Gasteiger partial charge >= 0.3 is 5.97 Å². The van der Waals surface area contributed by atoms with Gasteiger partial charge in [-0.25, -0.2) is 4.79 Å². The number of hydrogen-bond donors (Lipinski definition) is 2. The Labute approximate surface area is 116 Å². The van der Waals surface area contributed by atoms with Crippen LogP contribution < -0.4 is 11.1 Å². The number of nitriles is 1. The molecule has 6 nitrogen and oxygen atoms in total. The number of ether oxygens (including phenoxy) is 2. The molecule has 1 aromatic rings. The predicted octanol–water partition coefficient (Wildman–Crippen LogP) is 1.83. The summed E-state index contributed by atoms with van der Waals surface area (Å²) in [4.78, 5) is 12.0. The van der Waals surface area contributed by atoms with Crippen LogP contribution >= 0.6 is 11.3 Å². The maximum Gasteiger partial charge on any atom is 0.343 e. The first kappa shape index (κ1) is 15.3. The van der Waals surface area contributed by atoms with Crippen molar-refractivity contribution < 1.29 is 14.3 Å². The zero-order chi connectivity index (χ0) is 14.4. The second kappa shape index (κ2) is 6.97. The van der Waals surface area contributed by atoms with Crippen LogP contribution in [0.3, 0.4) is 0 Å². The predicted molar refractivity (Wildman–Crippen MR) is 74.4 cm³/mol. The van der Waals surface area contributed by atoms with Crippen molar-refractivity contribution in [3.05, 3.63) is 10.4 Å². The molecule has 1 unspecified atom stereocenters. The summed E-state index contributed by atoms with van der Waals surface area (Å²) in [5.74, 6) is -0.551. The lowest BCUT2D eigenvalue weighted by atomic mass is 10.2. The number of anilines is 2. The minimum atomic E-state index is -0.551. The van der Waals surface area contributed by atoms with Crippen LogP contribution in [-0.2, 0) is 9.47 Å². The lowest BCUT2D eigenvalue weighted by Gasteiger charge is -2.16. The number of hydrogen-bond acceptors (Lipinski definition) is 7. The molecular formula is C12H17N3O3S. The second-order valence-corrected chi connectivity index (χ2v) is 4.88. The molecule has 0 saturated carbocycles. The molecule has 0 spiro atoms. The van der Waals surface area contributed by atoms with Gasteiger partial charge in [-0.05, 0) is 6.42 Å². The summed E-state index contributed by atoms with van der Waals surface area (Å²) in [7, 11) is 2.89. The summed E-state index contributed by atoms with van der Waals surface area (Å²) in [6.07, 6.45) is 0.814. The van der Waals surface area contributed by atoms with Gasteiger partial charge in [-0.1, -0.05) is 6.92 Å². The molecule has 1 rings (SSSR count). The molecule has 7 heteroatoms. The van der Waals surface area contributed by atoms with E-state index >= 15 is 0 Å². The fourth-order valence-corrected chi connectivity index (χ4v) is 2.56. The van der Waals surface area contributed by atoms with Crippen molar-refractivity contribution in [2.75, 3.05) is 31.9 Å². The van der Waals surface area contributed by atoms with Gasteiger partial charge in [-0.15, -0.1) is 11.3 Å². The summed E-state index contributed by atoms with van der Waals surface area (Å²) in [5.41, 5.74) is 6.18. The van der Waals surface area contributed by atoms with Crippen LogP contribution in [0.2, 0.25) is 0 Å². The van der Waals surface area contributed by atoms with Crippen LogP contribution in [0, 0.1) is 11.3 Å². The Bertz CT molecular complexity index is 493. The molecule has 0 aliphatic rings. The SMILES string of the molecule is CCC(COC)Nc1sc(C#N)c(N)c1C(=O)OC. The molecule has 0 fully saturated rings. The number of esters is 1. The molecule has 19 heavy (non-hydrogen) atoms. The molecule has 0 aromatic carbocycles. The van der Waals surface area contributed by atoms with E-state index in [0.717, 1.165) is 17.8 Å². The smallest absolute Gasteiger partial charge is 0.343 e. The highest BCUT2D eigenvalue weighted by Gasteiger charge is 2.24. The molecule has 0 aliphatic heterocycles. The molecule has 1 heterocycles. The quantitative estimate of drug-likeness (QED) is 0.773. The number of methoxy groups -OCH3 is 2. The summed E-state index contributed by atoms with van der Waals surface area (Å²) < 4.78 is 9.78. The van der Waals surface area contributed by atoms with E-state index in [1.807, 2.05) is 13.0 Å². The van der Waals surface area contributed by atoms with Crippen molar-refractivity contribution in [1.29, 1.82) is 5.26 Å². The maximum atomic E-state index is 11.7. The molecule has 1 aromatic heterocycles. The van der Waals surface area contributed by atoms with Crippen LogP contribution in [-0.4, -0.2) is 32.8 Å². The first-order chi connectivity index (χ1) is 9.08. The van der Waals surface area contributed by atoms with Gasteiger partial charge in [0, 0.05) is 13.2 Å². The van der Waals surface area contributed by atoms with Crippen LogP contribution in [0.1, 0.15) is 28.6 Å². The number of carbonyl (C=O) groups excluding carboxylic acids is 1. The van der Waals surface area contributed by atoms with Crippen LogP contribution in [0.25, 0.3) is 0 Å². The van der Waals surface area contributed by atoms with Gasteiger partial charge in [0.1, 0.15) is 21.5 Å². The highest BCUT2D eigenvalue weighted by molar-refractivity contribution is 7.17. The minimum Gasteiger partial charge on any atom is -0.465 e. The van der Waals surface area contributed by atoms with Gasteiger partial charge in [0.25, 0.3) is 0 Å². The molecule has 0 amide bonds. The Morgan fingerprint density at radius 3 is 2.74 bits per heavy atom. The Hall–Kier alpha value is -1.78. The van der Waals surface area contributed by atoms with Crippen molar-refractivity contribution in [3.8, 4) is 6.07 Å². The van der Waals surface area contributed by atoms with E-state index in [4.69, 9.17) is 20.5 Å². The minimum absolute atomic E-state index is 0.0398. The Morgan fingerprint density at radius 2 is 2.26 bits per heavy atom. The average Bonchev–Trinajstić information content (AvgIpc) is 2.73. The number of thiophene rings is 1. The van der Waals surface area contributed by atoms with Crippen molar-refractivity contribution >= 4 is 28.0 Å². The van der Waals surface area contributed by atoms with Gasteiger partial charge in [0.05, 0.1) is 19.4 Å². The van der Waals surface area contributed by atoms with Crippen LogP contribution in [0.5, 0.6) is 0 Å². The molecule has 0 aliphatic carbocycles. The fourth-order valence-electron chi connectivity index (χ4n) is 1.58. The van der Waals surface area contributed by atoms with E-state index in [1.165, 1.54) is 7.11 Å². The summed E-state index contributed by atoms with van der Waals surface area (Å²) in [6.45, 7) is 2.49. The monoisotopic (exact) mass is 283 g/mol. The maximum absolute atomic E-state index is 11.7. The standard InChI is InChI=1S/C12H17N3O3S/c1-4-7(6-17-2)15-11-9(12(16)18-3)10(14)8(5-13)19-11/h7,15H,4,6,14H2,1-3H3. The largest absolute Gasteiger partial charge is 0.465 e. The fraction of sp³-hybridized carbons (Fsp3) is 0.500. The van der Waals surface area contributed by atoms with Crippen molar-refractivity contribution in [3.63, 3.8) is 0 Å². The molecule has 3 N–H and O–H groups in total. The number of nitrogen functional groups attached to an aromatic ring is 1.